The first-order valence-corrected chi connectivity index (χ1v) is 8.13. The molecule has 1 aromatic rings. The fourth-order valence-electron chi connectivity index (χ4n) is 2.20. The number of nitrogens with one attached hydrogen (secondary N) is 3. The Morgan fingerprint density at radius 3 is 2.35 bits per heavy atom. The maximum Gasteiger partial charge on any atom is 0.279 e. The molecule has 1 atom stereocenters. The second-order valence-electron chi connectivity index (χ2n) is 6.89. The van der Waals surface area contributed by atoms with Crippen LogP contribution in [0.1, 0.15) is 38.3 Å². The van der Waals surface area contributed by atoms with Crippen molar-refractivity contribution in [1.82, 2.24) is 5.32 Å². The summed E-state index contributed by atoms with van der Waals surface area (Å²) in [6, 6.07) is 5.84. The molecule has 5 heteroatoms. The number of likely N-dealkylation sites (N-methyl/N-ethyl adjacent to an activating group) is 1. The molecule has 0 aliphatic carbocycles. The minimum atomic E-state index is -0.210. The highest BCUT2D eigenvalue weighted by molar-refractivity contribution is 5.92. The molecule has 5 nitrogen and oxygen atoms in total. The quantitative estimate of drug-likeness (QED) is 0.703. The van der Waals surface area contributed by atoms with Crippen molar-refractivity contribution < 1.29 is 14.5 Å². The van der Waals surface area contributed by atoms with Gasteiger partial charge in [0.2, 0.25) is 0 Å². The molecule has 0 aromatic heterocycles. The van der Waals surface area contributed by atoms with Crippen LogP contribution in [0, 0.1) is 13.8 Å². The minimum Gasteiger partial charge on any atom is -0.346 e. The Bertz CT molecular complexity index is 567. The van der Waals surface area contributed by atoms with Crippen molar-refractivity contribution >= 4 is 17.5 Å². The first-order chi connectivity index (χ1) is 10.6. The van der Waals surface area contributed by atoms with Gasteiger partial charge in [-0.05, 0) is 51.3 Å². The van der Waals surface area contributed by atoms with Crippen molar-refractivity contribution in [2.75, 3.05) is 25.5 Å². The van der Waals surface area contributed by atoms with E-state index in [0.29, 0.717) is 0 Å². The molecule has 0 aliphatic rings. The molecule has 0 heterocycles. The van der Waals surface area contributed by atoms with Crippen molar-refractivity contribution in [3.05, 3.63) is 29.3 Å². The highest BCUT2D eigenvalue weighted by Gasteiger charge is 2.21. The van der Waals surface area contributed by atoms with Crippen LogP contribution in [0.5, 0.6) is 0 Å². The Kier molecular flexibility index (Phi) is 6.76. The highest BCUT2D eigenvalue weighted by atomic mass is 16.2. The summed E-state index contributed by atoms with van der Waals surface area (Å²) in [4.78, 5) is 25.0. The zero-order chi connectivity index (χ0) is 17.6. The molecule has 0 radical (unpaired) electrons. The van der Waals surface area contributed by atoms with Crippen LogP contribution in [0.2, 0.25) is 0 Å². The Balaban J connectivity index is 2.51. The number of carbonyl (C=O) groups is 2. The maximum absolute atomic E-state index is 12.1. The normalized spacial score (nSPS) is 12.6. The summed E-state index contributed by atoms with van der Waals surface area (Å²) in [7, 11) is 1.85. The van der Waals surface area contributed by atoms with Gasteiger partial charge in [0.1, 0.15) is 0 Å². The van der Waals surface area contributed by atoms with Crippen LogP contribution >= 0.6 is 0 Å². The van der Waals surface area contributed by atoms with E-state index in [1.54, 1.807) is 0 Å². The molecular formula is C18H30N3O2+. The summed E-state index contributed by atoms with van der Waals surface area (Å²) in [5, 5.41) is 5.91. The molecule has 1 unspecified atom stereocenters. The Labute approximate surface area is 139 Å². The van der Waals surface area contributed by atoms with Crippen molar-refractivity contribution in [2.24, 2.45) is 0 Å². The van der Waals surface area contributed by atoms with Gasteiger partial charge in [-0.25, -0.2) is 0 Å². The van der Waals surface area contributed by atoms with Crippen LogP contribution in [0.4, 0.5) is 5.69 Å². The number of benzene rings is 1. The van der Waals surface area contributed by atoms with Crippen LogP contribution in [-0.2, 0) is 9.59 Å². The van der Waals surface area contributed by atoms with Gasteiger partial charge in [0.05, 0.1) is 7.05 Å². The van der Waals surface area contributed by atoms with Crippen molar-refractivity contribution in [1.29, 1.82) is 0 Å². The molecular weight excluding hydrogens is 290 g/mol. The standard InChI is InChI=1S/C18H29N3O2/c1-7-18(4,5)20-17(23)12-21(6)11-16(22)19-15-10-8-9-13(2)14(15)3/h8-10H,7,11-12H2,1-6H3,(H,19,22)(H,20,23)/p+1. The lowest BCUT2D eigenvalue weighted by atomic mass is 10.0. The number of anilines is 1. The first-order valence-electron chi connectivity index (χ1n) is 8.13. The Morgan fingerprint density at radius 2 is 1.74 bits per heavy atom. The third kappa shape index (κ3) is 6.40. The van der Waals surface area contributed by atoms with E-state index in [4.69, 9.17) is 0 Å². The molecule has 128 valence electrons. The Hall–Kier alpha value is -1.88. The summed E-state index contributed by atoms with van der Waals surface area (Å²) in [6.45, 7) is 10.6. The zero-order valence-electron chi connectivity index (χ0n) is 15.2. The molecule has 0 saturated carbocycles. The predicted molar refractivity (Wildman–Crippen MR) is 93.7 cm³/mol. The number of carbonyl (C=O) groups excluding carboxylic acids is 2. The SMILES string of the molecule is CCC(C)(C)NC(=O)C[NH+](C)CC(=O)Nc1cccc(C)c1C. The molecule has 23 heavy (non-hydrogen) atoms. The number of quaternary nitrogens is 1. The number of aryl methyl sites for hydroxylation is 1. The number of hydrogen-bond donors (Lipinski definition) is 3. The third-order valence-electron chi connectivity index (χ3n) is 4.17. The lowest BCUT2D eigenvalue weighted by Gasteiger charge is -2.25. The fourth-order valence-corrected chi connectivity index (χ4v) is 2.20. The van der Waals surface area contributed by atoms with Gasteiger partial charge in [-0.3, -0.25) is 9.59 Å². The third-order valence-corrected chi connectivity index (χ3v) is 4.17. The highest BCUT2D eigenvalue weighted by Crippen LogP contribution is 2.17. The summed E-state index contributed by atoms with van der Waals surface area (Å²) < 4.78 is 0. The minimum absolute atomic E-state index is 0.0334. The molecule has 0 bridgehead atoms. The van der Waals surface area contributed by atoms with E-state index in [9.17, 15) is 9.59 Å². The van der Waals surface area contributed by atoms with Gasteiger partial charge < -0.3 is 15.5 Å². The largest absolute Gasteiger partial charge is 0.346 e. The molecule has 0 spiro atoms. The van der Waals surface area contributed by atoms with Crippen LogP contribution in [0.15, 0.2) is 18.2 Å². The van der Waals surface area contributed by atoms with E-state index in [2.05, 4.69) is 10.6 Å². The molecule has 3 N–H and O–H groups in total. The van der Waals surface area contributed by atoms with Crippen LogP contribution < -0.4 is 15.5 Å². The lowest BCUT2D eigenvalue weighted by Crippen LogP contribution is -3.11. The van der Waals surface area contributed by atoms with Gasteiger partial charge in [-0.2, -0.15) is 0 Å². The number of hydrogen-bond acceptors (Lipinski definition) is 2. The molecule has 1 rings (SSSR count). The average molecular weight is 320 g/mol. The molecule has 0 aliphatic heterocycles. The van der Waals surface area contributed by atoms with Gasteiger partial charge >= 0.3 is 0 Å². The van der Waals surface area contributed by atoms with Gasteiger partial charge in [-0.1, -0.05) is 19.1 Å². The van der Waals surface area contributed by atoms with E-state index in [0.717, 1.165) is 28.1 Å². The summed E-state index contributed by atoms with van der Waals surface area (Å²) in [6.07, 6.45) is 0.866. The molecule has 2 amide bonds. The monoisotopic (exact) mass is 320 g/mol. The summed E-state index contributed by atoms with van der Waals surface area (Å²) in [5.74, 6) is -0.118. The van der Waals surface area contributed by atoms with Crippen molar-refractivity contribution in [2.45, 2.75) is 46.6 Å². The van der Waals surface area contributed by atoms with E-state index in [1.165, 1.54) is 0 Å². The Morgan fingerprint density at radius 1 is 1.13 bits per heavy atom. The van der Waals surface area contributed by atoms with Crippen LogP contribution in [0.3, 0.4) is 0 Å². The van der Waals surface area contributed by atoms with Crippen molar-refractivity contribution in [3.63, 3.8) is 0 Å². The molecule has 1 aromatic carbocycles. The van der Waals surface area contributed by atoms with Gasteiger partial charge in [0.25, 0.3) is 11.8 Å². The van der Waals surface area contributed by atoms with Gasteiger partial charge in [-0.15, -0.1) is 0 Å². The van der Waals surface area contributed by atoms with Crippen molar-refractivity contribution in [3.8, 4) is 0 Å². The van der Waals surface area contributed by atoms with E-state index < -0.39 is 0 Å². The smallest absolute Gasteiger partial charge is 0.279 e. The summed E-state index contributed by atoms with van der Waals surface area (Å²) in [5.41, 5.74) is 2.84. The van der Waals surface area contributed by atoms with Gasteiger partial charge in [0.15, 0.2) is 13.1 Å². The average Bonchev–Trinajstić information content (AvgIpc) is 2.42. The maximum atomic E-state index is 12.1. The number of amides is 2. The fraction of sp³-hybridized carbons (Fsp3) is 0.556. The number of rotatable bonds is 7. The van der Waals surface area contributed by atoms with E-state index >= 15 is 0 Å². The molecule has 0 fully saturated rings. The second kappa shape index (κ2) is 8.11. The van der Waals surface area contributed by atoms with E-state index in [1.807, 2.05) is 59.9 Å². The van der Waals surface area contributed by atoms with Crippen LogP contribution in [-0.4, -0.2) is 37.5 Å². The lowest BCUT2D eigenvalue weighted by molar-refractivity contribution is -0.862. The topological polar surface area (TPSA) is 62.6 Å². The van der Waals surface area contributed by atoms with Gasteiger partial charge in [0, 0.05) is 11.2 Å². The summed E-state index contributed by atoms with van der Waals surface area (Å²) >= 11 is 0. The van der Waals surface area contributed by atoms with Crippen LogP contribution in [0.25, 0.3) is 0 Å². The van der Waals surface area contributed by atoms with E-state index in [-0.39, 0.29) is 30.4 Å². The second-order valence-corrected chi connectivity index (χ2v) is 6.89. The molecule has 0 saturated heterocycles. The zero-order valence-corrected chi connectivity index (χ0v) is 15.2. The first kappa shape index (κ1) is 19.2. The predicted octanol–water partition coefficient (Wildman–Crippen LogP) is 1.06.